The predicted octanol–water partition coefficient (Wildman–Crippen LogP) is 3.06. The number of fused-ring (bicyclic) bond motifs is 1. The number of carbonyl (C=O) groups is 4. The van der Waals surface area contributed by atoms with E-state index in [4.69, 9.17) is 33.1 Å². The first-order valence-electron chi connectivity index (χ1n) is 17.8. The molecular formula is C40H49N9O5. The molecule has 0 fully saturated rings. The molecule has 0 saturated heterocycles. The number of unbranched alkanes of at least 4 members (excludes halogenated alkanes) is 1. The predicted molar refractivity (Wildman–Crippen MR) is 209 cm³/mol. The highest BCUT2D eigenvalue weighted by Crippen LogP contribution is 2.26. The van der Waals surface area contributed by atoms with Crippen LogP contribution in [0.4, 0.5) is 4.79 Å². The summed E-state index contributed by atoms with van der Waals surface area (Å²) < 4.78 is 5.27. The average Bonchev–Trinajstić information content (AvgIpc) is 3.16. The first-order chi connectivity index (χ1) is 26.0. The molecule has 12 N–H and O–H groups in total. The van der Waals surface area contributed by atoms with Crippen molar-refractivity contribution in [2.45, 2.75) is 63.1 Å². The van der Waals surface area contributed by atoms with Gasteiger partial charge in [-0.05, 0) is 66.0 Å². The molecule has 284 valence electrons. The Morgan fingerprint density at radius 3 is 2.06 bits per heavy atom. The van der Waals surface area contributed by atoms with E-state index in [9.17, 15) is 19.2 Å². The Bertz CT molecular complexity index is 1910. The summed E-state index contributed by atoms with van der Waals surface area (Å²) in [6.07, 6.45) is 1.41. The number of carbonyl (C=O) groups excluding carboxylic acids is 4. The Balaban J connectivity index is 1.50. The first-order valence-corrected chi connectivity index (χ1v) is 17.8. The van der Waals surface area contributed by atoms with Crippen molar-refractivity contribution < 1.29 is 23.9 Å². The minimum atomic E-state index is -1.04. The fraction of sp³-hybridized carbons (Fsp3) is 0.300. The second-order valence-electron chi connectivity index (χ2n) is 12.9. The minimum Gasteiger partial charge on any atom is -0.445 e. The summed E-state index contributed by atoms with van der Waals surface area (Å²) in [6.45, 7) is 0.650. The van der Waals surface area contributed by atoms with Gasteiger partial charge in [0.25, 0.3) is 0 Å². The second-order valence-corrected chi connectivity index (χ2v) is 12.9. The van der Waals surface area contributed by atoms with Crippen molar-refractivity contribution in [2.75, 3.05) is 13.1 Å². The molecule has 4 rings (SSSR count). The maximum atomic E-state index is 14.3. The molecule has 0 spiro atoms. The van der Waals surface area contributed by atoms with Gasteiger partial charge in [-0.2, -0.15) is 0 Å². The van der Waals surface area contributed by atoms with Crippen LogP contribution in [-0.4, -0.2) is 60.8 Å². The van der Waals surface area contributed by atoms with Crippen molar-refractivity contribution in [3.63, 3.8) is 0 Å². The summed E-state index contributed by atoms with van der Waals surface area (Å²) in [5.41, 5.74) is 25.1. The molecule has 4 aromatic rings. The van der Waals surface area contributed by atoms with Crippen LogP contribution in [0.25, 0.3) is 10.8 Å². The number of ether oxygens (including phenoxy) is 1. The Kier molecular flexibility index (Phi) is 15.4. The monoisotopic (exact) mass is 735 g/mol. The third-order valence-corrected chi connectivity index (χ3v) is 8.84. The topological polar surface area (TPSA) is 254 Å². The lowest BCUT2D eigenvalue weighted by Gasteiger charge is -2.25. The maximum Gasteiger partial charge on any atom is 0.407 e. The molecule has 1 unspecified atom stereocenters. The van der Waals surface area contributed by atoms with E-state index in [0.29, 0.717) is 31.2 Å². The molecule has 0 saturated carbocycles. The number of hydrogen-bond acceptors (Lipinski definition) is 7. The smallest absolute Gasteiger partial charge is 0.407 e. The van der Waals surface area contributed by atoms with Gasteiger partial charge in [0, 0.05) is 18.7 Å². The van der Waals surface area contributed by atoms with E-state index in [0.717, 1.165) is 27.5 Å². The SMILES string of the molecule is N=C(N)c1ccc(CC(C(=O)N[C@@H](CCCCNC(=O)OCc2ccccc2)C(=O)N[C@@H](CCCN=C(N)N)C(N)=O)c2ccc3ccccc3c2)cc1. The van der Waals surface area contributed by atoms with Gasteiger partial charge in [0.15, 0.2) is 5.96 Å². The highest BCUT2D eigenvalue weighted by Gasteiger charge is 2.29. The number of guanidine groups is 1. The number of nitrogens with two attached hydrogens (primary N) is 4. The zero-order valence-electron chi connectivity index (χ0n) is 30.1. The molecule has 14 nitrogen and oxygen atoms in total. The van der Waals surface area contributed by atoms with Gasteiger partial charge in [-0.1, -0.05) is 97.1 Å². The lowest BCUT2D eigenvalue weighted by molar-refractivity contribution is -0.132. The summed E-state index contributed by atoms with van der Waals surface area (Å²) in [7, 11) is 0. The number of nitrogens with zero attached hydrogens (tertiary/aromatic N) is 1. The number of benzene rings is 4. The van der Waals surface area contributed by atoms with E-state index in [2.05, 4.69) is 20.9 Å². The third-order valence-electron chi connectivity index (χ3n) is 8.84. The molecule has 4 aromatic carbocycles. The summed E-state index contributed by atoms with van der Waals surface area (Å²) in [5, 5.41) is 18.1. The van der Waals surface area contributed by atoms with Crippen LogP contribution in [0.1, 0.15) is 60.3 Å². The van der Waals surface area contributed by atoms with Crippen LogP contribution in [0.2, 0.25) is 0 Å². The van der Waals surface area contributed by atoms with Crippen molar-refractivity contribution in [3.05, 3.63) is 119 Å². The summed E-state index contributed by atoms with van der Waals surface area (Å²) >= 11 is 0. The van der Waals surface area contributed by atoms with Gasteiger partial charge in [-0.3, -0.25) is 24.8 Å². The third kappa shape index (κ3) is 13.0. The standard InChI is InChI=1S/C40H49N9O5/c41-35(42)29-17-15-26(16-18-29)23-32(31-20-19-28-11-4-5-12-30(28)24-31)37(51)49-34(38(52)48-33(36(43)50)14-8-22-46-39(44)45)13-6-7-21-47-40(53)54-25-27-9-2-1-3-10-27/h1-5,9-12,15-20,24,32-34H,6-8,13-14,21-23,25H2,(H3,41,42)(H2,43,50)(H,47,53)(H,48,52)(H,49,51)(H4,44,45,46)/t32?,33-,34-/m0/s1. The van der Waals surface area contributed by atoms with Crippen LogP contribution in [0.3, 0.4) is 0 Å². The van der Waals surface area contributed by atoms with Crippen molar-refractivity contribution in [1.29, 1.82) is 5.41 Å². The van der Waals surface area contributed by atoms with E-state index >= 15 is 0 Å². The number of nitrogen functional groups attached to an aromatic ring is 1. The fourth-order valence-electron chi connectivity index (χ4n) is 5.88. The molecule has 0 aliphatic carbocycles. The highest BCUT2D eigenvalue weighted by molar-refractivity contribution is 5.95. The van der Waals surface area contributed by atoms with Crippen molar-refractivity contribution >= 4 is 46.4 Å². The molecule has 3 atom stereocenters. The molecule has 0 radical (unpaired) electrons. The number of primary amides is 1. The molecule has 0 bridgehead atoms. The first kappa shape index (κ1) is 40.3. The summed E-state index contributed by atoms with van der Waals surface area (Å²) in [5.74, 6) is -2.57. The Morgan fingerprint density at radius 2 is 1.37 bits per heavy atom. The molecule has 0 aliphatic rings. The van der Waals surface area contributed by atoms with Crippen LogP contribution in [0.15, 0.2) is 102 Å². The van der Waals surface area contributed by atoms with E-state index in [1.54, 1.807) is 12.1 Å². The number of hydrogen-bond donors (Lipinski definition) is 8. The van der Waals surface area contributed by atoms with E-state index < -0.39 is 41.8 Å². The Labute approximate surface area is 314 Å². The van der Waals surface area contributed by atoms with Gasteiger partial charge in [0.2, 0.25) is 17.7 Å². The minimum absolute atomic E-state index is 0.0657. The van der Waals surface area contributed by atoms with Crippen molar-refractivity contribution in [1.82, 2.24) is 16.0 Å². The van der Waals surface area contributed by atoms with Crippen LogP contribution in [0.5, 0.6) is 0 Å². The van der Waals surface area contributed by atoms with Crippen LogP contribution in [0, 0.1) is 5.41 Å². The van der Waals surface area contributed by atoms with E-state index in [1.165, 1.54) is 0 Å². The number of nitrogens with one attached hydrogen (secondary N) is 4. The lowest BCUT2D eigenvalue weighted by Crippen LogP contribution is -2.53. The number of aliphatic imine (C=N–C) groups is 1. The molecule has 0 heterocycles. The van der Waals surface area contributed by atoms with Gasteiger partial charge >= 0.3 is 6.09 Å². The molecule has 4 amide bonds. The fourth-order valence-corrected chi connectivity index (χ4v) is 5.88. The zero-order chi connectivity index (χ0) is 38.9. The normalized spacial score (nSPS) is 12.4. The Morgan fingerprint density at radius 1 is 0.704 bits per heavy atom. The number of amides is 4. The highest BCUT2D eigenvalue weighted by atomic mass is 16.5. The Hall–Kier alpha value is -6.44. The van der Waals surface area contributed by atoms with Gasteiger partial charge in [-0.25, -0.2) is 4.79 Å². The summed E-state index contributed by atoms with van der Waals surface area (Å²) in [6, 6.07) is 28.0. The van der Waals surface area contributed by atoms with Gasteiger partial charge in [0.05, 0.1) is 5.92 Å². The molecule has 0 aliphatic heterocycles. The van der Waals surface area contributed by atoms with Gasteiger partial charge in [-0.15, -0.1) is 0 Å². The second kappa shape index (κ2) is 20.6. The zero-order valence-corrected chi connectivity index (χ0v) is 30.1. The summed E-state index contributed by atoms with van der Waals surface area (Å²) in [4.78, 5) is 56.6. The van der Waals surface area contributed by atoms with Gasteiger partial charge in [0.1, 0.15) is 24.5 Å². The van der Waals surface area contributed by atoms with Crippen molar-refractivity contribution in [3.8, 4) is 0 Å². The molecule has 0 aromatic heterocycles. The van der Waals surface area contributed by atoms with E-state index in [1.807, 2.05) is 84.9 Å². The number of alkyl carbamates (subject to hydrolysis) is 1. The largest absolute Gasteiger partial charge is 0.445 e. The quantitative estimate of drug-likeness (QED) is 0.0379. The molecular weight excluding hydrogens is 686 g/mol. The van der Waals surface area contributed by atoms with E-state index in [-0.39, 0.29) is 44.3 Å². The average molecular weight is 736 g/mol. The maximum absolute atomic E-state index is 14.3. The number of amidine groups is 1. The van der Waals surface area contributed by atoms with Crippen LogP contribution < -0.4 is 38.9 Å². The molecule has 54 heavy (non-hydrogen) atoms. The van der Waals surface area contributed by atoms with Gasteiger partial charge < -0.3 is 43.6 Å². The van der Waals surface area contributed by atoms with Crippen molar-refractivity contribution in [2.24, 2.45) is 27.9 Å². The molecule has 14 heteroatoms. The number of rotatable bonds is 20. The van der Waals surface area contributed by atoms with Crippen LogP contribution >= 0.6 is 0 Å². The lowest BCUT2D eigenvalue weighted by atomic mass is 9.89. The van der Waals surface area contributed by atoms with Crippen LogP contribution in [-0.2, 0) is 32.1 Å².